The van der Waals surface area contributed by atoms with Gasteiger partial charge < -0.3 is 16.4 Å². The molecule has 0 unspecified atom stereocenters. The Labute approximate surface area is 247 Å². The Kier molecular flexibility index (Phi) is 8.26. The first-order valence-electron chi connectivity index (χ1n) is 13.1. The summed E-state index contributed by atoms with van der Waals surface area (Å²) in [6, 6.07) is 18.5. The second-order valence-electron chi connectivity index (χ2n) is 10.1. The first kappa shape index (κ1) is 29.2. The molecule has 10 nitrogen and oxygen atoms in total. The highest BCUT2D eigenvalue weighted by molar-refractivity contribution is 7.89. The number of aromatic nitrogens is 1. The fourth-order valence-corrected chi connectivity index (χ4v) is 7.07. The summed E-state index contributed by atoms with van der Waals surface area (Å²) in [5, 5.41) is 1.96. The van der Waals surface area contributed by atoms with E-state index in [4.69, 9.17) is 23.1 Å². The van der Waals surface area contributed by atoms with Crippen molar-refractivity contribution in [2.45, 2.75) is 29.8 Å². The Bertz CT molecular complexity index is 1740. The number of nitrogens with zero attached hydrogens (tertiary/aromatic N) is 3. The number of halogens is 1. The van der Waals surface area contributed by atoms with Crippen molar-refractivity contribution in [1.82, 2.24) is 14.2 Å². The summed E-state index contributed by atoms with van der Waals surface area (Å²) in [6.07, 6.45) is 2.72. The molecule has 1 aromatic heterocycles. The molecule has 0 aliphatic carbocycles. The molecule has 3 aromatic carbocycles. The van der Waals surface area contributed by atoms with Crippen LogP contribution < -0.4 is 11.5 Å². The molecule has 1 aliphatic heterocycles. The molecule has 0 saturated carbocycles. The van der Waals surface area contributed by atoms with Crippen LogP contribution in [0.3, 0.4) is 0 Å². The lowest BCUT2D eigenvalue weighted by molar-refractivity contribution is -0.120. The number of carbonyl (C=O) groups excluding carboxylic acids is 3. The lowest BCUT2D eigenvalue weighted by atomic mass is 9.99. The number of hydrogen-bond donors (Lipinski definition) is 2. The summed E-state index contributed by atoms with van der Waals surface area (Å²) in [7, 11) is -4.10. The number of amides is 3. The SMILES string of the molecule is NC(=O)C[C@H]1CN(S(=O)(=O)c2ccc3cc(Cl)ccc3c2)C[C@H](CC(N)=O)N1C(=O)c1ccc(-c2ccncc2)cc1. The van der Waals surface area contributed by atoms with E-state index in [2.05, 4.69) is 4.98 Å². The molecule has 4 aromatic rings. The molecule has 0 radical (unpaired) electrons. The molecule has 12 heteroatoms. The van der Waals surface area contributed by atoms with Crippen molar-refractivity contribution in [2.24, 2.45) is 11.5 Å². The lowest BCUT2D eigenvalue weighted by Gasteiger charge is -2.45. The quantitative estimate of drug-likeness (QED) is 0.314. The summed E-state index contributed by atoms with van der Waals surface area (Å²) < 4.78 is 28.9. The molecular weight excluding hydrogens is 578 g/mol. The molecule has 2 heterocycles. The summed E-state index contributed by atoms with van der Waals surface area (Å²) in [5.41, 5.74) is 13.2. The molecular formula is C30H28ClN5O5S. The molecule has 216 valence electrons. The van der Waals surface area contributed by atoms with Crippen LogP contribution in [-0.4, -0.2) is 65.5 Å². The number of fused-ring (bicyclic) bond motifs is 1. The van der Waals surface area contributed by atoms with Crippen LogP contribution in [0.25, 0.3) is 21.9 Å². The molecule has 4 N–H and O–H groups in total. The highest BCUT2D eigenvalue weighted by Gasteiger charge is 2.43. The number of carbonyl (C=O) groups is 3. The predicted octanol–water partition coefficient (Wildman–Crippen LogP) is 3.19. The minimum absolute atomic E-state index is 0.0273. The molecule has 42 heavy (non-hydrogen) atoms. The van der Waals surface area contributed by atoms with E-state index in [0.29, 0.717) is 16.0 Å². The van der Waals surface area contributed by atoms with Crippen molar-refractivity contribution in [3.8, 4) is 11.1 Å². The van der Waals surface area contributed by atoms with Gasteiger partial charge in [-0.15, -0.1) is 0 Å². The van der Waals surface area contributed by atoms with Crippen molar-refractivity contribution < 1.29 is 22.8 Å². The van der Waals surface area contributed by atoms with Gasteiger partial charge in [0, 0.05) is 48.9 Å². The number of piperazine rings is 1. The van der Waals surface area contributed by atoms with Crippen LogP contribution in [0.4, 0.5) is 0 Å². The Hall–Kier alpha value is -4.32. The second kappa shape index (κ2) is 11.9. The van der Waals surface area contributed by atoms with Crippen LogP contribution >= 0.6 is 11.6 Å². The smallest absolute Gasteiger partial charge is 0.254 e. The van der Waals surface area contributed by atoms with Crippen LogP contribution in [0.1, 0.15) is 23.2 Å². The summed E-state index contributed by atoms with van der Waals surface area (Å²) in [6.45, 7) is -0.389. The Morgan fingerprint density at radius 3 is 1.93 bits per heavy atom. The number of pyridine rings is 1. The van der Waals surface area contributed by atoms with Crippen LogP contribution in [0.15, 0.2) is 90.1 Å². The highest BCUT2D eigenvalue weighted by Crippen LogP contribution is 2.30. The van der Waals surface area contributed by atoms with Gasteiger partial charge in [0.1, 0.15) is 0 Å². The molecule has 0 spiro atoms. The summed E-state index contributed by atoms with van der Waals surface area (Å²) in [5.74, 6) is -1.90. The summed E-state index contributed by atoms with van der Waals surface area (Å²) >= 11 is 6.07. The number of primary amides is 2. The Balaban J connectivity index is 1.48. The fourth-order valence-electron chi connectivity index (χ4n) is 5.34. The average molecular weight is 606 g/mol. The number of rotatable bonds is 8. The van der Waals surface area contributed by atoms with E-state index in [1.807, 2.05) is 12.1 Å². The standard InChI is InChI=1S/C30H28ClN5O5S/c31-24-7-5-23-14-27(8-6-22(23)13-24)42(40,41)35-17-25(15-28(32)37)36(26(18-35)16-29(33)38)30(39)21-3-1-19(2-4-21)20-9-11-34-12-10-20/h1-14,25-26H,15-18H2,(H2,32,37)(H2,33,38)/t25-,26-/m0/s1. The Morgan fingerprint density at radius 1 is 0.786 bits per heavy atom. The molecule has 1 saturated heterocycles. The van der Waals surface area contributed by atoms with Gasteiger partial charge in [-0.2, -0.15) is 4.31 Å². The number of hydrogen-bond acceptors (Lipinski definition) is 6. The third-order valence-corrected chi connectivity index (χ3v) is 9.34. The van der Waals surface area contributed by atoms with Crippen molar-refractivity contribution in [1.29, 1.82) is 0 Å². The monoisotopic (exact) mass is 605 g/mol. The van der Waals surface area contributed by atoms with Gasteiger partial charge in [0.2, 0.25) is 21.8 Å². The topological polar surface area (TPSA) is 157 Å². The molecule has 5 rings (SSSR count). The maximum absolute atomic E-state index is 13.9. The van der Waals surface area contributed by atoms with E-state index < -0.39 is 39.8 Å². The van der Waals surface area contributed by atoms with Crippen LogP contribution in [-0.2, 0) is 19.6 Å². The van der Waals surface area contributed by atoms with Crippen molar-refractivity contribution in [3.63, 3.8) is 0 Å². The lowest BCUT2D eigenvalue weighted by Crippen LogP contribution is -2.62. The van der Waals surface area contributed by atoms with E-state index in [9.17, 15) is 22.8 Å². The van der Waals surface area contributed by atoms with Crippen LogP contribution in [0, 0.1) is 0 Å². The third kappa shape index (κ3) is 6.13. The zero-order valence-corrected chi connectivity index (χ0v) is 24.0. The minimum Gasteiger partial charge on any atom is -0.370 e. The first-order chi connectivity index (χ1) is 20.0. The maximum atomic E-state index is 13.9. The Morgan fingerprint density at radius 2 is 1.33 bits per heavy atom. The van der Waals surface area contributed by atoms with E-state index in [0.717, 1.165) is 16.5 Å². The van der Waals surface area contributed by atoms with E-state index in [1.54, 1.807) is 60.9 Å². The van der Waals surface area contributed by atoms with Gasteiger partial charge in [0.05, 0.1) is 17.0 Å². The second-order valence-corrected chi connectivity index (χ2v) is 12.5. The number of sulfonamides is 1. The molecule has 3 amide bonds. The van der Waals surface area contributed by atoms with Gasteiger partial charge >= 0.3 is 0 Å². The van der Waals surface area contributed by atoms with E-state index in [1.165, 1.54) is 21.3 Å². The third-order valence-electron chi connectivity index (χ3n) is 7.28. The zero-order valence-electron chi connectivity index (χ0n) is 22.4. The van der Waals surface area contributed by atoms with Crippen LogP contribution in [0.2, 0.25) is 5.02 Å². The molecule has 1 fully saturated rings. The van der Waals surface area contributed by atoms with Gasteiger partial charge in [-0.1, -0.05) is 35.9 Å². The molecule has 1 aliphatic rings. The highest BCUT2D eigenvalue weighted by atomic mass is 35.5. The average Bonchev–Trinajstić information content (AvgIpc) is 2.96. The van der Waals surface area contributed by atoms with E-state index in [-0.39, 0.29) is 30.8 Å². The summed E-state index contributed by atoms with van der Waals surface area (Å²) in [4.78, 5) is 43.5. The molecule has 0 bridgehead atoms. The zero-order chi connectivity index (χ0) is 30.0. The van der Waals surface area contributed by atoms with E-state index >= 15 is 0 Å². The number of nitrogens with two attached hydrogens (primary N) is 2. The largest absolute Gasteiger partial charge is 0.370 e. The van der Waals surface area contributed by atoms with Crippen molar-refractivity contribution >= 4 is 50.1 Å². The predicted molar refractivity (Wildman–Crippen MR) is 159 cm³/mol. The van der Waals surface area contributed by atoms with Gasteiger partial charge in [-0.25, -0.2) is 8.42 Å². The van der Waals surface area contributed by atoms with Crippen molar-refractivity contribution in [3.05, 3.63) is 95.8 Å². The minimum atomic E-state index is -4.10. The fraction of sp³-hybridized carbons (Fsp3) is 0.200. The van der Waals surface area contributed by atoms with Gasteiger partial charge in [-0.05, 0) is 70.4 Å². The van der Waals surface area contributed by atoms with Crippen LogP contribution in [0.5, 0.6) is 0 Å². The maximum Gasteiger partial charge on any atom is 0.254 e. The molecule has 2 atom stereocenters. The normalized spacial score (nSPS) is 17.7. The van der Waals surface area contributed by atoms with Gasteiger partial charge in [-0.3, -0.25) is 19.4 Å². The first-order valence-corrected chi connectivity index (χ1v) is 14.9. The van der Waals surface area contributed by atoms with Crippen molar-refractivity contribution in [2.75, 3.05) is 13.1 Å². The van der Waals surface area contributed by atoms with Gasteiger partial charge in [0.25, 0.3) is 5.91 Å². The van der Waals surface area contributed by atoms with Gasteiger partial charge in [0.15, 0.2) is 0 Å². The number of benzene rings is 3.